The van der Waals surface area contributed by atoms with Crippen molar-refractivity contribution in [2.24, 2.45) is 11.8 Å². The Morgan fingerprint density at radius 1 is 1.12 bits per heavy atom. The summed E-state index contributed by atoms with van der Waals surface area (Å²) in [6, 6.07) is 4.76. The standard InChI is InChI=1S/C16H23N/c1-11(2)14-9-13-8-7-12-5-3-4-6-15(12)16(13)17-10-14/h7-8,11,14,17H,3-6,9-10H2,1-2H3. The van der Waals surface area contributed by atoms with Gasteiger partial charge < -0.3 is 5.32 Å². The predicted octanol–water partition coefficient (Wildman–Crippen LogP) is 3.81. The predicted molar refractivity (Wildman–Crippen MR) is 73.6 cm³/mol. The summed E-state index contributed by atoms with van der Waals surface area (Å²) in [5.74, 6) is 1.59. The van der Waals surface area contributed by atoms with Crippen LogP contribution in [-0.2, 0) is 19.3 Å². The van der Waals surface area contributed by atoms with Crippen LogP contribution in [0.2, 0.25) is 0 Å². The molecule has 0 saturated heterocycles. The lowest BCUT2D eigenvalue weighted by Crippen LogP contribution is -2.28. The summed E-state index contributed by atoms with van der Waals surface area (Å²) in [6.07, 6.45) is 6.60. The second-order valence-electron chi connectivity index (χ2n) is 6.03. The Kier molecular flexibility index (Phi) is 2.85. The van der Waals surface area contributed by atoms with Crippen LogP contribution in [0.3, 0.4) is 0 Å². The van der Waals surface area contributed by atoms with E-state index in [-0.39, 0.29) is 0 Å². The third-order valence-corrected chi connectivity index (χ3v) is 4.59. The molecule has 0 radical (unpaired) electrons. The van der Waals surface area contributed by atoms with E-state index < -0.39 is 0 Å². The van der Waals surface area contributed by atoms with Crippen molar-refractivity contribution in [1.82, 2.24) is 0 Å². The largest absolute Gasteiger partial charge is 0.384 e. The smallest absolute Gasteiger partial charge is 0.0408 e. The third kappa shape index (κ3) is 1.96. The topological polar surface area (TPSA) is 12.0 Å². The first-order valence-electron chi connectivity index (χ1n) is 7.13. The van der Waals surface area contributed by atoms with Gasteiger partial charge in [0.15, 0.2) is 0 Å². The molecular weight excluding hydrogens is 206 g/mol. The lowest BCUT2D eigenvalue weighted by molar-refractivity contribution is 0.393. The Hall–Kier alpha value is -0.980. The molecule has 0 spiro atoms. The molecule has 1 aliphatic carbocycles. The molecule has 1 unspecified atom stereocenters. The average Bonchev–Trinajstić information content (AvgIpc) is 2.38. The van der Waals surface area contributed by atoms with E-state index in [4.69, 9.17) is 0 Å². The maximum Gasteiger partial charge on any atom is 0.0408 e. The van der Waals surface area contributed by atoms with Gasteiger partial charge in [-0.05, 0) is 60.6 Å². The van der Waals surface area contributed by atoms with Gasteiger partial charge in [0.05, 0.1) is 0 Å². The van der Waals surface area contributed by atoms with Crippen LogP contribution in [0.4, 0.5) is 5.69 Å². The molecule has 1 N–H and O–H groups in total. The fourth-order valence-electron chi connectivity index (χ4n) is 3.33. The van der Waals surface area contributed by atoms with Crippen molar-refractivity contribution in [3.05, 3.63) is 28.8 Å². The molecule has 0 saturated carbocycles. The molecular formula is C16H23N. The molecule has 0 fully saturated rings. The van der Waals surface area contributed by atoms with Gasteiger partial charge in [0.2, 0.25) is 0 Å². The Morgan fingerprint density at radius 3 is 2.71 bits per heavy atom. The lowest BCUT2D eigenvalue weighted by Gasteiger charge is -2.32. The van der Waals surface area contributed by atoms with Crippen molar-refractivity contribution >= 4 is 5.69 Å². The van der Waals surface area contributed by atoms with Gasteiger partial charge in [-0.3, -0.25) is 0 Å². The van der Waals surface area contributed by atoms with E-state index >= 15 is 0 Å². The molecule has 1 aromatic rings. The van der Waals surface area contributed by atoms with Crippen molar-refractivity contribution in [3.8, 4) is 0 Å². The summed E-state index contributed by atoms with van der Waals surface area (Å²) in [6.45, 7) is 5.85. The lowest BCUT2D eigenvalue weighted by atomic mass is 9.81. The third-order valence-electron chi connectivity index (χ3n) is 4.59. The zero-order valence-electron chi connectivity index (χ0n) is 11.1. The minimum atomic E-state index is 0.784. The molecule has 3 rings (SSSR count). The number of aryl methyl sites for hydroxylation is 1. The van der Waals surface area contributed by atoms with E-state index in [0.717, 1.165) is 11.8 Å². The van der Waals surface area contributed by atoms with Gasteiger partial charge >= 0.3 is 0 Å². The molecule has 1 aliphatic heterocycles. The highest BCUT2D eigenvalue weighted by atomic mass is 14.9. The van der Waals surface area contributed by atoms with Crippen LogP contribution in [-0.4, -0.2) is 6.54 Å². The van der Waals surface area contributed by atoms with Crippen molar-refractivity contribution in [3.63, 3.8) is 0 Å². The van der Waals surface area contributed by atoms with E-state index in [2.05, 4.69) is 31.3 Å². The molecule has 92 valence electrons. The second-order valence-corrected chi connectivity index (χ2v) is 6.03. The van der Waals surface area contributed by atoms with E-state index in [0.29, 0.717) is 0 Å². The first kappa shape index (κ1) is 11.1. The Labute approximate surface area is 105 Å². The number of rotatable bonds is 1. The van der Waals surface area contributed by atoms with Crippen LogP contribution in [0.25, 0.3) is 0 Å². The first-order chi connectivity index (χ1) is 8.25. The normalized spacial score (nSPS) is 22.9. The van der Waals surface area contributed by atoms with Crippen LogP contribution in [0.5, 0.6) is 0 Å². The Balaban J connectivity index is 1.95. The van der Waals surface area contributed by atoms with Gasteiger partial charge in [-0.15, -0.1) is 0 Å². The Morgan fingerprint density at radius 2 is 1.88 bits per heavy atom. The summed E-state index contributed by atoms with van der Waals surface area (Å²) in [7, 11) is 0. The number of hydrogen-bond donors (Lipinski definition) is 1. The summed E-state index contributed by atoms with van der Waals surface area (Å²) in [4.78, 5) is 0. The molecule has 1 nitrogen and oxygen atoms in total. The molecule has 1 heterocycles. The van der Waals surface area contributed by atoms with Crippen LogP contribution in [0.15, 0.2) is 12.1 Å². The molecule has 1 atom stereocenters. The van der Waals surface area contributed by atoms with E-state index in [1.807, 2.05) is 0 Å². The SMILES string of the molecule is CC(C)C1CNc2c(ccc3c2CCCC3)C1. The second kappa shape index (κ2) is 4.36. The van der Waals surface area contributed by atoms with Crippen molar-refractivity contribution in [2.45, 2.75) is 46.0 Å². The molecule has 17 heavy (non-hydrogen) atoms. The van der Waals surface area contributed by atoms with Crippen LogP contribution in [0, 0.1) is 11.8 Å². The monoisotopic (exact) mass is 229 g/mol. The average molecular weight is 229 g/mol. The van der Waals surface area contributed by atoms with Crippen LogP contribution < -0.4 is 5.32 Å². The first-order valence-corrected chi connectivity index (χ1v) is 7.13. The minimum absolute atomic E-state index is 0.784. The van der Waals surface area contributed by atoms with E-state index in [1.165, 1.54) is 44.3 Å². The van der Waals surface area contributed by atoms with Gasteiger partial charge in [0, 0.05) is 12.2 Å². The van der Waals surface area contributed by atoms with Crippen molar-refractivity contribution in [2.75, 3.05) is 11.9 Å². The quantitative estimate of drug-likeness (QED) is 0.772. The zero-order chi connectivity index (χ0) is 11.8. The highest BCUT2D eigenvalue weighted by molar-refractivity contribution is 5.62. The molecule has 0 amide bonds. The van der Waals surface area contributed by atoms with Gasteiger partial charge in [-0.25, -0.2) is 0 Å². The highest BCUT2D eigenvalue weighted by Gasteiger charge is 2.24. The number of nitrogens with one attached hydrogen (secondary N) is 1. The van der Waals surface area contributed by atoms with E-state index in [1.54, 1.807) is 16.7 Å². The van der Waals surface area contributed by atoms with Gasteiger partial charge in [0.25, 0.3) is 0 Å². The Bertz CT molecular complexity index is 420. The number of benzene rings is 1. The molecule has 0 bridgehead atoms. The number of anilines is 1. The highest BCUT2D eigenvalue weighted by Crippen LogP contribution is 2.36. The summed E-state index contributed by atoms with van der Waals surface area (Å²) in [5.41, 5.74) is 6.30. The molecule has 1 aromatic carbocycles. The van der Waals surface area contributed by atoms with Gasteiger partial charge in [0.1, 0.15) is 0 Å². The summed E-state index contributed by atoms with van der Waals surface area (Å²) in [5, 5.41) is 3.72. The maximum atomic E-state index is 3.72. The van der Waals surface area contributed by atoms with Crippen LogP contribution in [0.1, 0.15) is 43.4 Å². The zero-order valence-corrected chi connectivity index (χ0v) is 11.1. The van der Waals surface area contributed by atoms with Crippen LogP contribution >= 0.6 is 0 Å². The maximum absolute atomic E-state index is 3.72. The molecule has 2 aliphatic rings. The fraction of sp³-hybridized carbons (Fsp3) is 0.625. The fourth-order valence-corrected chi connectivity index (χ4v) is 3.33. The summed E-state index contributed by atoms with van der Waals surface area (Å²) < 4.78 is 0. The van der Waals surface area contributed by atoms with E-state index in [9.17, 15) is 0 Å². The molecule has 1 heteroatoms. The molecule has 0 aromatic heterocycles. The van der Waals surface area contributed by atoms with Crippen molar-refractivity contribution in [1.29, 1.82) is 0 Å². The summed E-state index contributed by atoms with van der Waals surface area (Å²) >= 11 is 0. The van der Waals surface area contributed by atoms with Crippen molar-refractivity contribution < 1.29 is 0 Å². The number of fused-ring (bicyclic) bond motifs is 3. The minimum Gasteiger partial charge on any atom is -0.384 e. The van der Waals surface area contributed by atoms with Gasteiger partial charge in [-0.1, -0.05) is 26.0 Å². The number of hydrogen-bond acceptors (Lipinski definition) is 1. The van der Waals surface area contributed by atoms with Gasteiger partial charge in [-0.2, -0.15) is 0 Å².